The van der Waals surface area contributed by atoms with Crippen LogP contribution in [0.5, 0.6) is 0 Å². The lowest BCUT2D eigenvalue weighted by atomic mass is 9.97. The highest BCUT2D eigenvalue weighted by Gasteiger charge is 2.17. The van der Waals surface area contributed by atoms with Crippen LogP contribution in [-0.2, 0) is 9.47 Å². The molecule has 2 saturated heterocycles. The highest BCUT2D eigenvalue weighted by atomic mass is 16.5. The maximum absolute atomic E-state index is 5.58. The van der Waals surface area contributed by atoms with E-state index in [-0.39, 0.29) is 0 Å². The van der Waals surface area contributed by atoms with Crippen LogP contribution < -0.4 is 0 Å². The summed E-state index contributed by atoms with van der Waals surface area (Å²) < 4.78 is 11.2. The number of hydrogen-bond donors (Lipinski definition) is 0. The summed E-state index contributed by atoms with van der Waals surface area (Å²) in [5.74, 6) is 1.67. The third-order valence-corrected chi connectivity index (χ3v) is 4.19. The minimum Gasteiger partial charge on any atom is -0.374 e. The van der Waals surface area contributed by atoms with Crippen molar-refractivity contribution in [1.29, 1.82) is 0 Å². The quantitative estimate of drug-likeness (QED) is 0.624. The van der Waals surface area contributed by atoms with Gasteiger partial charge in [0.25, 0.3) is 0 Å². The van der Waals surface area contributed by atoms with E-state index in [1.807, 2.05) is 0 Å². The van der Waals surface area contributed by atoms with Crippen molar-refractivity contribution in [2.24, 2.45) is 11.8 Å². The summed E-state index contributed by atoms with van der Waals surface area (Å²) in [5.41, 5.74) is 2.73. The van der Waals surface area contributed by atoms with Gasteiger partial charge in [0.15, 0.2) is 0 Å². The third kappa shape index (κ3) is 8.75. The van der Waals surface area contributed by atoms with Crippen LogP contribution >= 0.6 is 0 Å². The van der Waals surface area contributed by atoms with Gasteiger partial charge in [-0.15, -0.1) is 0 Å². The molecule has 4 atom stereocenters. The van der Waals surface area contributed by atoms with Gasteiger partial charge in [0.05, 0.1) is 12.2 Å². The van der Waals surface area contributed by atoms with Crippen molar-refractivity contribution in [3.05, 3.63) is 23.3 Å². The molecule has 22 heavy (non-hydrogen) atoms. The van der Waals surface area contributed by atoms with E-state index in [1.54, 1.807) is 0 Å². The Labute approximate surface area is 138 Å². The van der Waals surface area contributed by atoms with Crippen LogP contribution in [0.3, 0.4) is 0 Å². The predicted octanol–water partition coefficient (Wildman–Crippen LogP) is 5.54. The lowest BCUT2D eigenvalue weighted by Gasteiger charge is -2.25. The zero-order valence-corrected chi connectivity index (χ0v) is 15.5. The van der Waals surface area contributed by atoms with Gasteiger partial charge in [0.2, 0.25) is 0 Å². The van der Waals surface area contributed by atoms with E-state index in [0.29, 0.717) is 12.2 Å². The van der Waals surface area contributed by atoms with Crippen molar-refractivity contribution in [1.82, 2.24) is 0 Å². The zero-order valence-electron chi connectivity index (χ0n) is 15.5. The Morgan fingerprint density at radius 3 is 1.36 bits per heavy atom. The van der Waals surface area contributed by atoms with Crippen molar-refractivity contribution in [2.45, 2.75) is 79.4 Å². The van der Waals surface area contributed by atoms with E-state index in [9.17, 15) is 0 Å². The van der Waals surface area contributed by atoms with E-state index in [1.165, 1.54) is 36.8 Å². The van der Waals surface area contributed by atoms with Crippen LogP contribution in [0, 0.1) is 11.8 Å². The average Bonchev–Trinajstić information content (AvgIpc) is 2.37. The van der Waals surface area contributed by atoms with Gasteiger partial charge in [-0.3, -0.25) is 0 Å². The largest absolute Gasteiger partial charge is 0.374 e. The van der Waals surface area contributed by atoms with Crippen molar-refractivity contribution in [3.63, 3.8) is 0 Å². The molecule has 0 unspecified atom stereocenters. The topological polar surface area (TPSA) is 18.5 Å². The van der Waals surface area contributed by atoms with Crippen molar-refractivity contribution >= 4 is 0 Å². The van der Waals surface area contributed by atoms with Gasteiger partial charge in [0, 0.05) is 13.2 Å². The maximum atomic E-state index is 5.58. The number of ether oxygens (including phenoxy) is 2. The van der Waals surface area contributed by atoms with Crippen LogP contribution in [0.15, 0.2) is 23.3 Å². The van der Waals surface area contributed by atoms with Gasteiger partial charge >= 0.3 is 0 Å². The molecule has 0 N–H and O–H groups in total. The van der Waals surface area contributed by atoms with Crippen molar-refractivity contribution in [3.8, 4) is 0 Å². The van der Waals surface area contributed by atoms with Crippen LogP contribution in [0.4, 0.5) is 0 Å². The SMILES string of the molecule is CC(C)=C[C@@H]1C[C@@H](C)CCO1.CC(C)=C[C@@H]1C[C@H](C)CCO1. The highest BCUT2D eigenvalue weighted by Crippen LogP contribution is 2.21. The van der Waals surface area contributed by atoms with Gasteiger partial charge in [-0.1, -0.05) is 37.1 Å². The second-order valence-electron chi connectivity index (χ2n) is 7.57. The maximum Gasteiger partial charge on any atom is 0.0760 e. The summed E-state index contributed by atoms with van der Waals surface area (Å²) in [5, 5.41) is 0. The molecule has 2 heterocycles. The average molecular weight is 309 g/mol. The standard InChI is InChI=1S/2C10H18O/c2*1-8(2)6-10-7-9(3)4-5-11-10/h2*6,9-10H,4-5,7H2,1-3H3/t9-,10+;9-,10-/m01/s1. The molecule has 0 radical (unpaired) electrons. The normalized spacial score (nSPS) is 31.5. The van der Waals surface area contributed by atoms with Gasteiger partial charge in [-0.25, -0.2) is 0 Å². The number of allylic oxidation sites excluding steroid dienone is 2. The summed E-state index contributed by atoms with van der Waals surface area (Å²) in [6.07, 6.45) is 10.1. The van der Waals surface area contributed by atoms with Crippen LogP contribution in [0.2, 0.25) is 0 Å². The molecule has 0 aromatic rings. The molecule has 0 aromatic carbocycles. The van der Waals surface area contributed by atoms with Gasteiger partial charge in [-0.05, 0) is 65.2 Å². The Kier molecular flexibility index (Phi) is 9.04. The third-order valence-electron chi connectivity index (χ3n) is 4.19. The molecule has 2 heteroatoms. The predicted molar refractivity (Wildman–Crippen MR) is 95.1 cm³/mol. The van der Waals surface area contributed by atoms with Gasteiger partial charge < -0.3 is 9.47 Å². The van der Waals surface area contributed by atoms with Crippen LogP contribution in [0.1, 0.15) is 67.2 Å². The van der Waals surface area contributed by atoms with E-state index in [0.717, 1.165) is 25.0 Å². The van der Waals surface area contributed by atoms with E-state index >= 15 is 0 Å². The summed E-state index contributed by atoms with van der Waals surface area (Å²) in [6, 6.07) is 0. The molecule has 128 valence electrons. The first-order chi connectivity index (χ1) is 10.4. The smallest absolute Gasteiger partial charge is 0.0760 e. The van der Waals surface area contributed by atoms with Gasteiger partial charge in [0.1, 0.15) is 0 Å². The van der Waals surface area contributed by atoms with Crippen LogP contribution in [-0.4, -0.2) is 25.4 Å². The number of hydrogen-bond acceptors (Lipinski definition) is 2. The highest BCUT2D eigenvalue weighted by molar-refractivity contribution is 5.00. The first-order valence-electron chi connectivity index (χ1n) is 8.90. The fraction of sp³-hybridized carbons (Fsp3) is 0.800. The Bertz CT molecular complexity index is 326. The molecule has 2 rings (SSSR count). The summed E-state index contributed by atoms with van der Waals surface area (Å²) in [7, 11) is 0. The summed E-state index contributed by atoms with van der Waals surface area (Å²) in [6.45, 7) is 15.0. The van der Waals surface area contributed by atoms with Gasteiger partial charge in [-0.2, -0.15) is 0 Å². The molecule has 0 spiro atoms. The molecule has 0 aliphatic carbocycles. The molecule has 0 aromatic heterocycles. The van der Waals surface area contributed by atoms with Crippen LogP contribution in [0.25, 0.3) is 0 Å². The summed E-state index contributed by atoms with van der Waals surface area (Å²) >= 11 is 0. The second kappa shape index (κ2) is 10.2. The molecule has 0 amide bonds. The first-order valence-corrected chi connectivity index (χ1v) is 8.90. The van der Waals surface area contributed by atoms with E-state index in [4.69, 9.17) is 9.47 Å². The summed E-state index contributed by atoms with van der Waals surface area (Å²) in [4.78, 5) is 0. The van der Waals surface area contributed by atoms with Crippen molar-refractivity contribution < 1.29 is 9.47 Å². The number of rotatable bonds is 2. The first kappa shape index (κ1) is 19.4. The molecule has 2 fully saturated rings. The zero-order chi connectivity index (χ0) is 16.5. The monoisotopic (exact) mass is 308 g/mol. The molecule has 2 aliphatic heterocycles. The minimum atomic E-state index is 0.392. The fourth-order valence-electron chi connectivity index (χ4n) is 2.98. The Balaban J connectivity index is 0.000000220. The molecular formula is C20H36O2. The lowest BCUT2D eigenvalue weighted by molar-refractivity contribution is 0.0233. The Morgan fingerprint density at radius 1 is 0.727 bits per heavy atom. The second-order valence-corrected chi connectivity index (χ2v) is 7.57. The molecule has 2 aliphatic rings. The van der Waals surface area contributed by atoms with E-state index in [2.05, 4.69) is 53.7 Å². The van der Waals surface area contributed by atoms with Crippen molar-refractivity contribution in [2.75, 3.05) is 13.2 Å². The fourth-order valence-corrected chi connectivity index (χ4v) is 2.98. The molecule has 0 saturated carbocycles. The Hall–Kier alpha value is -0.600. The molecular weight excluding hydrogens is 272 g/mol. The molecule has 0 bridgehead atoms. The molecule has 2 nitrogen and oxygen atoms in total. The van der Waals surface area contributed by atoms with E-state index < -0.39 is 0 Å². The Morgan fingerprint density at radius 2 is 1.09 bits per heavy atom. The lowest BCUT2D eigenvalue weighted by Crippen LogP contribution is -2.22. The minimum absolute atomic E-state index is 0.392.